The Morgan fingerprint density at radius 1 is 1.62 bits per heavy atom. The minimum absolute atomic E-state index is 0.293. The summed E-state index contributed by atoms with van der Waals surface area (Å²) in [5.74, 6) is -1.07. The Kier molecular flexibility index (Phi) is 3.49. The number of amides is 2. The van der Waals surface area contributed by atoms with Gasteiger partial charge in [0.25, 0.3) is 0 Å². The lowest BCUT2D eigenvalue weighted by Crippen LogP contribution is -2.53. The lowest BCUT2D eigenvalue weighted by atomic mass is 10.00. The summed E-state index contributed by atoms with van der Waals surface area (Å²) in [5.41, 5.74) is -0.797. The first-order valence-electron chi connectivity index (χ1n) is 4.79. The van der Waals surface area contributed by atoms with Crippen LogP contribution in [0.5, 0.6) is 0 Å². The summed E-state index contributed by atoms with van der Waals surface area (Å²) in [6.07, 6.45) is 3.20. The first kappa shape index (κ1) is 12.0. The second kappa shape index (κ2) is 4.65. The van der Waals surface area contributed by atoms with Crippen LogP contribution < -0.4 is 10.6 Å². The van der Waals surface area contributed by atoms with Gasteiger partial charge in [0.2, 0.25) is 0 Å². The lowest BCUT2D eigenvalue weighted by molar-refractivity contribution is -0.143. The van der Waals surface area contributed by atoms with E-state index in [0.29, 0.717) is 12.1 Å². The standard InChI is InChI=1S/C9H14N4O3/c1-3-9(2,7(14)15)13-8(16)12-6-4-10-11-5-6/h4-5H,3H2,1-2H3,(H,10,11)(H,14,15)(H2,12,13,16). The molecule has 0 aromatic carbocycles. The maximum absolute atomic E-state index is 11.5. The average Bonchev–Trinajstić information content (AvgIpc) is 2.69. The van der Waals surface area contributed by atoms with Gasteiger partial charge in [-0.15, -0.1) is 0 Å². The molecule has 16 heavy (non-hydrogen) atoms. The van der Waals surface area contributed by atoms with Crippen molar-refractivity contribution in [3.8, 4) is 0 Å². The number of urea groups is 1. The Balaban J connectivity index is 2.60. The van der Waals surface area contributed by atoms with Crippen molar-refractivity contribution in [3.63, 3.8) is 0 Å². The molecular weight excluding hydrogens is 212 g/mol. The summed E-state index contributed by atoms with van der Waals surface area (Å²) in [6, 6.07) is -0.576. The molecule has 1 heterocycles. The van der Waals surface area contributed by atoms with Crippen LogP contribution in [0, 0.1) is 0 Å². The second-order valence-electron chi connectivity index (χ2n) is 3.56. The molecule has 0 aliphatic carbocycles. The minimum Gasteiger partial charge on any atom is -0.480 e. The zero-order valence-electron chi connectivity index (χ0n) is 9.07. The van der Waals surface area contributed by atoms with E-state index in [-0.39, 0.29) is 0 Å². The van der Waals surface area contributed by atoms with Crippen molar-refractivity contribution < 1.29 is 14.7 Å². The molecule has 0 saturated heterocycles. The number of hydrogen-bond donors (Lipinski definition) is 4. The molecule has 0 fully saturated rings. The number of carbonyl (C=O) groups excluding carboxylic acids is 1. The molecule has 1 unspecified atom stereocenters. The number of carboxylic acid groups (broad SMARTS) is 1. The SMILES string of the molecule is CCC(C)(NC(=O)Nc1cn[nH]c1)C(=O)O. The predicted molar refractivity (Wildman–Crippen MR) is 57.1 cm³/mol. The predicted octanol–water partition coefficient (Wildman–Crippen LogP) is 0.785. The van der Waals surface area contributed by atoms with Crippen LogP contribution >= 0.6 is 0 Å². The van der Waals surface area contributed by atoms with Crippen molar-refractivity contribution in [3.05, 3.63) is 12.4 Å². The van der Waals surface area contributed by atoms with Crippen molar-refractivity contribution in [2.45, 2.75) is 25.8 Å². The van der Waals surface area contributed by atoms with Gasteiger partial charge in [-0.1, -0.05) is 6.92 Å². The van der Waals surface area contributed by atoms with Gasteiger partial charge < -0.3 is 15.7 Å². The van der Waals surface area contributed by atoms with Crippen LogP contribution in [-0.4, -0.2) is 32.8 Å². The third-order valence-electron chi connectivity index (χ3n) is 2.32. The smallest absolute Gasteiger partial charge is 0.329 e. The molecule has 1 aromatic heterocycles. The van der Waals surface area contributed by atoms with E-state index in [2.05, 4.69) is 20.8 Å². The first-order chi connectivity index (χ1) is 7.48. The number of anilines is 1. The van der Waals surface area contributed by atoms with E-state index in [4.69, 9.17) is 5.11 Å². The van der Waals surface area contributed by atoms with E-state index >= 15 is 0 Å². The summed E-state index contributed by atoms with van der Waals surface area (Å²) in [5, 5.41) is 20.0. The van der Waals surface area contributed by atoms with Crippen molar-refractivity contribution in [1.29, 1.82) is 0 Å². The van der Waals surface area contributed by atoms with Gasteiger partial charge >= 0.3 is 12.0 Å². The third-order valence-corrected chi connectivity index (χ3v) is 2.32. The number of aliphatic carboxylic acids is 1. The fourth-order valence-corrected chi connectivity index (χ4v) is 1.03. The van der Waals surface area contributed by atoms with Crippen molar-refractivity contribution in [2.24, 2.45) is 0 Å². The van der Waals surface area contributed by atoms with Gasteiger partial charge in [0, 0.05) is 6.20 Å². The van der Waals surface area contributed by atoms with E-state index in [1.165, 1.54) is 19.3 Å². The number of nitrogens with one attached hydrogen (secondary N) is 3. The quantitative estimate of drug-likeness (QED) is 0.608. The third kappa shape index (κ3) is 2.72. The largest absolute Gasteiger partial charge is 0.480 e. The van der Waals surface area contributed by atoms with E-state index in [9.17, 15) is 9.59 Å². The molecule has 7 heteroatoms. The Bertz CT molecular complexity index is 376. The van der Waals surface area contributed by atoms with Gasteiger partial charge in [-0.25, -0.2) is 9.59 Å². The van der Waals surface area contributed by atoms with Crippen LogP contribution in [0.4, 0.5) is 10.5 Å². The highest BCUT2D eigenvalue weighted by atomic mass is 16.4. The highest BCUT2D eigenvalue weighted by molar-refractivity contribution is 5.93. The summed E-state index contributed by atoms with van der Waals surface area (Å²) >= 11 is 0. The number of hydrogen-bond acceptors (Lipinski definition) is 3. The molecule has 2 amide bonds. The van der Waals surface area contributed by atoms with Gasteiger partial charge in [0.15, 0.2) is 0 Å². The Labute approximate surface area is 92.2 Å². The lowest BCUT2D eigenvalue weighted by Gasteiger charge is -2.24. The van der Waals surface area contributed by atoms with Gasteiger partial charge in [0.1, 0.15) is 5.54 Å². The van der Waals surface area contributed by atoms with Crippen LogP contribution in [0.2, 0.25) is 0 Å². The van der Waals surface area contributed by atoms with E-state index < -0.39 is 17.5 Å². The number of aromatic amines is 1. The van der Waals surface area contributed by atoms with Gasteiger partial charge in [-0.2, -0.15) is 5.10 Å². The molecule has 0 saturated carbocycles. The molecule has 0 aliphatic heterocycles. The molecule has 0 bridgehead atoms. The van der Waals surface area contributed by atoms with Crippen LogP contribution in [0.3, 0.4) is 0 Å². The Hall–Kier alpha value is -2.05. The monoisotopic (exact) mass is 226 g/mol. The topological polar surface area (TPSA) is 107 Å². The summed E-state index contributed by atoms with van der Waals surface area (Å²) in [7, 11) is 0. The molecule has 4 N–H and O–H groups in total. The fraction of sp³-hybridized carbons (Fsp3) is 0.444. The van der Waals surface area contributed by atoms with Gasteiger partial charge in [0.05, 0.1) is 11.9 Å². The zero-order valence-corrected chi connectivity index (χ0v) is 9.07. The van der Waals surface area contributed by atoms with Gasteiger partial charge in [-0.3, -0.25) is 5.10 Å². The Morgan fingerprint density at radius 3 is 2.75 bits per heavy atom. The van der Waals surface area contributed by atoms with Crippen molar-refractivity contribution >= 4 is 17.7 Å². The molecule has 1 rings (SSSR count). The maximum Gasteiger partial charge on any atom is 0.329 e. The molecule has 0 aliphatic rings. The number of H-pyrrole nitrogens is 1. The minimum atomic E-state index is -1.27. The number of rotatable bonds is 4. The van der Waals surface area contributed by atoms with E-state index in [0.717, 1.165) is 0 Å². The molecule has 1 aromatic rings. The molecular formula is C9H14N4O3. The number of aromatic nitrogens is 2. The highest BCUT2D eigenvalue weighted by Gasteiger charge is 2.32. The summed E-state index contributed by atoms with van der Waals surface area (Å²) in [6.45, 7) is 3.14. The van der Waals surface area contributed by atoms with Crippen molar-refractivity contribution in [1.82, 2.24) is 15.5 Å². The molecule has 0 spiro atoms. The van der Waals surface area contributed by atoms with Crippen LogP contribution in [0.25, 0.3) is 0 Å². The molecule has 88 valence electrons. The highest BCUT2D eigenvalue weighted by Crippen LogP contribution is 2.10. The van der Waals surface area contributed by atoms with Crippen LogP contribution in [0.1, 0.15) is 20.3 Å². The first-order valence-corrected chi connectivity index (χ1v) is 4.79. The average molecular weight is 226 g/mol. The Morgan fingerprint density at radius 2 is 2.31 bits per heavy atom. The number of carbonyl (C=O) groups is 2. The number of nitrogens with zero attached hydrogens (tertiary/aromatic N) is 1. The summed E-state index contributed by atoms with van der Waals surface area (Å²) in [4.78, 5) is 22.4. The fourth-order valence-electron chi connectivity index (χ4n) is 1.03. The molecule has 7 nitrogen and oxygen atoms in total. The molecule has 1 atom stereocenters. The second-order valence-corrected chi connectivity index (χ2v) is 3.56. The van der Waals surface area contributed by atoms with Crippen LogP contribution in [-0.2, 0) is 4.79 Å². The van der Waals surface area contributed by atoms with Gasteiger partial charge in [-0.05, 0) is 13.3 Å². The number of carboxylic acids is 1. The van der Waals surface area contributed by atoms with E-state index in [1.807, 2.05) is 0 Å². The van der Waals surface area contributed by atoms with Crippen molar-refractivity contribution in [2.75, 3.05) is 5.32 Å². The van der Waals surface area contributed by atoms with Crippen LogP contribution in [0.15, 0.2) is 12.4 Å². The zero-order chi connectivity index (χ0) is 12.2. The maximum atomic E-state index is 11.5. The molecule has 0 radical (unpaired) electrons. The van der Waals surface area contributed by atoms with E-state index in [1.54, 1.807) is 6.92 Å². The normalized spacial score (nSPS) is 13.9. The summed E-state index contributed by atoms with van der Waals surface area (Å²) < 4.78 is 0.